The van der Waals surface area contributed by atoms with E-state index in [1.807, 2.05) is 44.7 Å². The van der Waals surface area contributed by atoms with Gasteiger partial charge >= 0.3 is 0 Å². The second-order valence-electron chi connectivity index (χ2n) is 9.42. The maximum absolute atomic E-state index is 12.6. The second-order valence-corrected chi connectivity index (χ2v) is 9.42. The van der Waals surface area contributed by atoms with Gasteiger partial charge in [0.1, 0.15) is 11.8 Å². The Morgan fingerprint density at radius 3 is 2.72 bits per heavy atom. The topological polar surface area (TPSA) is 162 Å². The van der Waals surface area contributed by atoms with Gasteiger partial charge in [-0.3, -0.25) is 9.59 Å². The number of nitrogens with one attached hydrogen (secondary N) is 1. The summed E-state index contributed by atoms with van der Waals surface area (Å²) in [5.41, 5.74) is 5.30. The Bertz CT molecular complexity index is 1350. The van der Waals surface area contributed by atoms with Gasteiger partial charge in [-0.05, 0) is 69.0 Å². The predicted molar refractivity (Wildman–Crippen MR) is 143 cm³/mol. The Labute approximate surface area is 227 Å². The van der Waals surface area contributed by atoms with Crippen LogP contribution in [-0.2, 0) is 22.6 Å². The minimum absolute atomic E-state index is 0.00672. The smallest absolute Gasteiger partial charge is 0.290 e. The lowest BCUT2D eigenvalue weighted by molar-refractivity contribution is -0.131. The molecule has 3 N–H and O–H groups in total. The third-order valence-electron chi connectivity index (χ3n) is 6.29. The van der Waals surface area contributed by atoms with Crippen LogP contribution in [0.5, 0.6) is 5.75 Å². The average molecular weight is 536 g/mol. The number of rotatable bonds is 8. The first kappa shape index (κ1) is 29.3. The van der Waals surface area contributed by atoms with Gasteiger partial charge in [0, 0.05) is 30.3 Å². The maximum Gasteiger partial charge on any atom is 0.290 e. The summed E-state index contributed by atoms with van der Waals surface area (Å²) in [7, 11) is 0. The van der Waals surface area contributed by atoms with Crippen molar-refractivity contribution in [3.63, 3.8) is 0 Å². The first-order valence-corrected chi connectivity index (χ1v) is 12.6. The number of aliphatic hydroxyl groups excluding tert-OH is 1. The number of nitriles is 1. The Hall–Kier alpha value is -4.27. The molecular weight excluding hydrogens is 502 g/mol. The van der Waals surface area contributed by atoms with Crippen molar-refractivity contribution in [3.8, 4) is 34.7 Å². The lowest BCUT2D eigenvalue weighted by Gasteiger charge is -2.30. The van der Waals surface area contributed by atoms with Gasteiger partial charge in [0.2, 0.25) is 11.7 Å². The van der Waals surface area contributed by atoms with E-state index >= 15 is 0 Å². The lowest BCUT2D eigenvalue weighted by atomic mass is 9.91. The molecule has 0 saturated carbocycles. The van der Waals surface area contributed by atoms with Crippen molar-refractivity contribution in [3.05, 3.63) is 52.6 Å². The molecule has 0 fully saturated rings. The van der Waals surface area contributed by atoms with Gasteiger partial charge in [0.25, 0.3) is 12.4 Å². The van der Waals surface area contributed by atoms with Crippen LogP contribution in [-0.4, -0.2) is 69.5 Å². The zero-order chi connectivity index (χ0) is 28.5. The molecule has 1 aliphatic rings. The number of ether oxygens (including phenoxy) is 1. The molecule has 1 aromatic heterocycles. The zero-order valence-corrected chi connectivity index (χ0v) is 22.5. The number of amides is 1. The molecule has 1 aliphatic heterocycles. The highest BCUT2D eigenvalue weighted by Crippen LogP contribution is 2.32. The number of aromatic nitrogens is 2. The van der Waals surface area contributed by atoms with Crippen LogP contribution in [0.4, 0.5) is 0 Å². The summed E-state index contributed by atoms with van der Waals surface area (Å²) >= 11 is 0. The Balaban J connectivity index is 0.00000134. The van der Waals surface area contributed by atoms with E-state index in [0.29, 0.717) is 41.7 Å². The summed E-state index contributed by atoms with van der Waals surface area (Å²) in [6.07, 6.45) is 0.700. The van der Waals surface area contributed by atoms with Gasteiger partial charge in [-0.1, -0.05) is 17.3 Å². The van der Waals surface area contributed by atoms with Gasteiger partial charge in [-0.15, -0.1) is 0 Å². The van der Waals surface area contributed by atoms with Gasteiger partial charge in [0.15, 0.2) is 0 Å². The summed E-state index contributed by atoms with van der Waals surface area (Å²) in [5.74, 6) is 1.35. The number of benzene rings is 2. The van der Waals surface area contributed by atoms with E-state index in [-0.39, 0.29) is 37.7 Å². The molecule has 0 spiro atoms. The number of carbonyl (C=O) groups excluding carboxylic acids is 1. The summed E-state index contributed by atoms with van der Waals surface area (Å²) in [4.78, 5) is 27.4. The van der Waals surface area contributed by atoms with E-state index in [4.69, 9.17) is 24.3 Å². The SMILES string of the molecule is Cc1c(-c2noc(-c3ccc(OC(C)C)c(C#N)c3)n2)ccc2c1CCN(C(=O)CN[C@@H](C)CO)C2.O=CO. The van der Waals surface area contributed by atoms with Crippen LogP contribution in [0.1, 0.15) is 43.0 Å². The van der Waals surface area contributed by atoms with Gasteiger partial charge in [-0.25, -0.2) is 0 Å². The van der Waals surface area contributed by atoms with Crippen molar-refractivity contribution < 1.29 is 29.1 Å². The van der Waals surface area contributed by atoms with Gasteiger partial charge in [0.05, 0.1) is 24.8 Å². The van der Waals surface area contributed by atoms with Crippen LogP contribution in [0.25, 0.3) is 22.8 Å². The lowest BCUT2D eigenvalue weighted by Crippen LogP contribution is -2.44. The Morgan fingerprint density at radius 2 is 2.05 bits per heavy atom. The Morgan fingerprint density at radius 1 is 1.31 bits per heavy atom. The van der Waals surface area contributed by atoms with Crippen LogP contribution < -0.4 is 10.1 Å². The van der Waals surface area contributed by atoms with Gasteiger partial charge < -0.3 is 29.7 Å². The number of nitrogens with zero attached hydrogens (tertiary/aromatic N) is 4. The minimum Gasteiger partial charge on any atom is -0.490 e. The molecule has 0 saturated heterocycles. The number of hydrogen-bond donors (Lipinski definition) is 3. The summed E-state index contributed by atoms with van der Waals surface area (Å²) in [6, 6.07) is 11.3. The fourth-order valence-corrected chi connectivity index (χ4v) is 4.29. The van der Waals surface area contributed by atoms with E-state index in [9.17, 15) is 10.1 Å². The van der Waals surface area contributed by atoms with Crippen molar-refractivity contribution in [2.24, 2.45) is 0 Å². The fraction of sp³-hybridized carbons (Fsp3) is 0.393. The van der Waals surface area contributed by atoms with E-state index in [2.05, 4.69) is 21.5 Å². The van der Waals surface area contributed by atoms with Crippen LogP contribution in [0.3, 0.4) is 0 Å². The highest BCUT2D eigenvalue weighted by atomic mass is 16.5. The molecule has 0 aliphatic carbocycles. The van der Waals surface area contributed by atoms with Crippen LogP contribution in [0, 0.1) is 18.3 Å². The zero-order valence-electron chi connectivity index (χ0n) is 22.5. The number of hydrogen-bond acceptors (Lipinski definition) is 9. The third kappa shape index (κ3) is 7.19. The van der Waals surface area contributed by atoms with E-state index in [0.717, 1.165) is 23.1 Å². The molecular formula is C28H33N5O6. The highest BCUT2D eigenvalue weighted by Gasteiger charge is 2.24. The molecule has 39 heavy (non-hydrogen) atoms. The van der Waals surface area contributed by atoms with Crippen LogP contribution >= 0.6 is 0 Å². The molecule has 1 atom stereocenters. The van der Waals surface area contributed by atoms with E-state index in [1.54, 1.807) is 18.2 Å². The standard InChI is InChI=1S/C27H31N5O4.CH2O2/c1-16(2)35-24-8-6-19(11-21(24)12-28)27-30-26(31-36-27)23-7-5-20-14-32(10-9-22(20)18(23)4)25(34)13-29-17(3)15-33;2-1-3/h5-8,11,16-17,29,33H,9-10,13-15H2,1-4H3;1H,(H,2,3)/t17-;/m0./s1. The van der Waals surface area contributed by atoms with Crippen molar-refractivity contribution in [2.45, 2.75) is 52.8 Å². The molecule has 1 amide bonds. The second kappa shape index (κ2) is 13.5. The van der Waals surface area contributed by atoms with Crippen LogP contribution in [0.15, 0.2) is 34.9 Å². The molecule has 3 aromatic rings. The summed E-state index contributed by atoms with van der Waals surface area (Å²) in [5, 5.41) is 32.8. The third-order valence-corrected chi connectivity index (χ3v) is 6.29. The molecule has 0 bridgehead atoms. The van der Waals surface area contributed by atoms with Crippen molar-refractivity contribution in [1.29, 1.82) is 5.26 Å². The summed E-state index contributed by atoms with van der Waals surface area (Å²) < 4.78 is 11.2. The van der Waals surface area contributed by atoms with Crippen molar-refractivity contribution in [1.82, 2.24) is 20.4 Å². The quantitative estimate of drug-likeness (QED) is 0.366. The number of fused-ring (bicyclic) bond motifs is 1. The Kier molecular flexibility index (Phi) is 10.1. The maximum atomic E-state index is 12.6. The molecule has 2 aromatic carbocycles. The highest BCUT2D eigenvalue weighted by molar-refractivity contribution is 5.79. The van der Waals surface area contributed by atoms with Crippen LogP contribution in [0.2, 0.25) is 0 Å². The molecule has 206 valence electrons. The monoisotopic (exact) mass is 535 g/mol. The largest absolute Gasteiger partial charge is 0.490 e. The summed E-state index contributed by atoms with van der Waals surface area (Å²) in [6.45, 7) is 8.82. The average Bonchev–Trinajstić information content (AvgIpc) is 3.42. The predicted octanol–water partition coefficient (Wildman–Crippen LogP) is 2.93. The van der Waals surface area contributed by atoms with E-state index < -0.39 is 0 Å². The molecule has 0 radical (unpaired) electrons. The fourth-order valence-electron chi connectivity index (χ4n) is 4.29. The molecule has 11 nitrogen and oxygen atoms in total. The van der Waals surface area contributed by atoms with E-state index in [1.165, 1.54) is 5.56 Å². The normalized spacial score (nSPS) is 13.1. The molecule has 11 heteroatoms. The minimum atomic E-state index is -0.250. The molecule has 4 rings (SSSR count). The first-order chi connectivity index (χ1) is 18.7. The van der Waals surface area contributed by atoms with Crippen molar-refractivity contribution >= 4 is 12.4 Å². The number of carbonyl (C=O) groups is 2. The molecule has 2 heterocycles. The molecule has 0 unspecified atom stereocenters. The number of aliphatic hydroxyl groups is 1. The van der Waals surface area contributed by atoms with Gasteiger partial charge in [-0.2, -0.15) is 10.2 Å². The van der Waals surface area contributed by atoms with Crippen molar-refractivity contribution in [2.75, 3.05) is 19.7 Å². The number of carboxylic acid groups (broad SMARTS) is 1. The first-order valence-electron chi connectivity index (χ1n) is 12.6.